The van der Waals surface area contributed by atoms with E-state index in [1.807, 2.05) is 6.07 Å². The molecule has 0 saturated carbocycles. The van der Waals surface area contributed by atoms with Gasteiger partial charge in [0.1, 0.15) is 17.7 Å². The highest BCUT2D eigenvalue weighted by atomic mass is 32.2. The van der Waals surface area contributed by atoms with Gasteiger partial charge in [-0.25, -0.2) is 27.4 Å². The molecule has 1 aliphatic rings. The highest BCUT2D eigenvalue weighted by Crippen LogP contribution is 2.40. The van der Waals surface area contributed by atoms with E-state index in [2.05, 4.69) is 15.6 Å². The Labute approximate surface area is 290 Å². The SMILES string of the molecule is COC(=O)Nc1ccc(S(=O)(=O)C(C)C)c([C@H]2CCCN2C(=O)[C@H](Nc2ccc3c(N)nccc3c2)c2ccccc2F)c1.O=C(O)C(F)(F)F. The lowest BCUT2D eigenvalue weighted by atomic mass is 10.0. The summed E-state index contributed by atoms with van der Waals surface area (Å²) in [4.78, 5) is 41.1. The topological polar surface area (TPSA) is 181 Å². The number of likely N-dealkylation sites (tertiary alicyclic amines) is 1. The Morgan fingerprint density at radius 2 is 1.71 bits per heavy atom. The number of hydrogen-bond acceptors (Lipinski definition) is 9. The van der Waals surface area contributed by atoms with Crippen LogP contribution in [0.5, 0.6) is 0 Å². The monoisotopic (exact) mass is 733 g/mol. The Balaban J connectivity index is 0.000000755. The number of anilines is 3. The van der Waals surface area contributed by atoms with Gasteiger partial charge in [-0.05, 0) is 86.2 Å². The van der Waals surface area contributed by atoms with Crippen molar-refractivity contribution in [2.24, 2.45) is 0 Å². The summed E-state index contributed by atoms with van der Waals surface area (Å²) < 4.78 is 78.6. The molecule has 0 spiro atoms. The van der Waals surface area contributed by atoms with Crippen LogP contribution in [0.4, 0.5) is 39.5 Å². The van der Waals surface area contributed by atoms with Crippen LogP contribution in [0.15, 0.2) is 77.8 Å². The highest BCUT2D eigenvalue weighted by molar-refractivity contribution is 7.92. The fourth-order valence-corrected chi connectivity index (χ4v) is 6.82. The van der Waals surface area contributed by atoms with E-state index in [4.69, 9.17) is 20.4 Å². The number of carboxylic acids is 1. The Hall–Kier alpha value is -5.45. The molecule has 1 saturated heterocycles. The Bertz CT molecular complexity index is 2040. The normalized spacial score (nSPS) is 15.1. The van der Waals surface area contributed by atoms with Crippen molar-refractivity contribution in [2.75, 3.05) is 30.0 Å². The first-order chi connectivity index (χ1) is 23.9. The third-order valence-corrected chi connectivity index (χ3v) is 10.3. The largest absolute Gasteiger partial charge is 0.490 e. The number of carbonyl (C=O) groups is 3. The number of nitrogen functional groups attached to an aromatic ring is 1. The minimum absolute atomic E-state index is 0.0729. The van der Waals surface area contributed by atoms with Crippen molar-refractivity contribution in [2.45, 2.75) is 55.1 Å². The van der Waals surface area contributed by atoms with E-state index >= 15 is 4.39 Å². The number of fused-ring (bicyclic) bond motifs is 1. The zero-order valence-electron chi connectivity index (χ0n) is 27.6. The van der Waals surface area contributed by atoms with E-state index in [1.165, 1.54) is 25.3 Å². The van der Waals surface area contributed by atoms with Crippen LogP contribution in [0.3, 0.4) is 0 Å². The molecule has 2 heterocycles. The first-order valence-corrected chi connectivity index (χ1v) is 17.0. The summed E-state index contributed by atoms with van der Waals surface area (Å²) in [6.07, 6.45) is -3.15. The summed E-state index contributed by atoms with van der Waals surface area (Å²) in [7, 11) is -2.55. The molecule has 5 rings (SSSR count). The number of ether oxygens (including phenoxy) is 1. The fourth-order valence-electron chi connectivity index (χ4n) is 5.53. The number of benzene rings is 3. The summed E-state index contributed by atoms with van der Waals surface area (Å²) in [6.45, 7) is 3.50. The van der Waals surface area contributed by atoms with Crippen LogP contribution in [0.1, 0.15) is 49.9 Å². The van der Waals surface area contributed by atoms with Crippen LogP contribution in [0.2, 0.25) is 0 Å². The van der Waals surface area contributed by atoms with Gasteiger partial charge in [0.2, 0.25) is 5.91 Å². The molecular weight excluding hydrogens is 698 g/mol. The number of alkyl halides is 3. The second-order valence-electron chi connectivity index (χ2n) is 11.7. The number of pyridine rings is 1. The van der Waals surface area contributed by atoms with Gasteiger partial charge >= 0.3 is 18.2 Å². The lowest BCUT2D eigenvalue weighted by molar-refractivity contribution is -0.192. The Morgan fingerprint density at radius 3 is 2.33 bits per heavy atom. The number of amides is 2. The van der Waals surface area contributed by atoms with E-state index in [0.717, 1.165) is 10.8 Å². The lowest BCUT2D eigenvalue weighted by Gasteiger charge is -2.32. The predicted octanol–water partition coefficient (Wildman–Crippen LogP) is 6.47. The average molecular weight is 734 g/mol. The van der Waals surface area contributed by atoms with Gasteiger partial charge in [-0.2, -0.15) is 13.2 Å². The Morgan fingerprint density at radius 1 is 1.04 bits per heavy atom. The molecule has 12 nitrogen and oxygen atoms in total. The van der Waals surface area contributed by atoms with E-state index in [1.54, 1.807) is 67.4 Å². The molecule has 1 aromatic heterocycles. The van der Waals surface area contributed by atoms with Crippen LogP contribution in [-0.4, -0.2) is 66.5 Å². The van der Waals surface area contributed by atoms with Crippen molar-refractivity contribution in [1.82, 2.24) is 9.88 Å². The molecule has 2 atom stereocenters. The van der Waals surface area contributed by atoms with E-state index in [0.29, 0.717) is 42.1 Å². The quantitative estimate of drug-likeness (QED) is 0.147. The van der Waals surface area contributed by atoms with E-state index < -0.39 is 57.1 Å². The lowest BCUT2D eigenvalue weighted by Crippen LogP contribution is -2.38. The zero-order valence-corrected chi connectivity index (χ0v) is 28.4. The first kappa shape index (κ1) is 38.4. The maximum atomic E-state index is 15.3. The number of rotatable bonds is 8. The van der Waals surface area contributed by atoms with Crippen molar-refractivity contribution >= 4 is 55.8 Å². The second-order valence-corrected chi connectivity index (χ2v) is 14.2. The third kappa shape index (κ3) is 8.83. The summed E-state index contributed by atoms with van der Waals surface area (Å²) in [5.41, 5.74) is 7.42. The number of aromatic nitrogens is 1. The number of halogens is 4. The van der Waals surface area contributed by atoms with Crippen molar-refractivity contribution in [3.05, 3.63) is 89.9 Å². The van der Waals surface area contributed by atoms with Gasteiger partial charge in [-0.3, -0.25) is 10.1 Å². The van der Waals surface area contributed by atoms with Gasteiger partial charge in [0.15, 0.2) is 9.84 Å². The number of carboxylic acid groups (broad SMARTS) is 1. The van der Waals surface area contributed by atoms with Crippen molar-refractivity contribution in [3.8, 4) is 0 Å². The maximum absolute atomic E-state index is 15.3. The number of nitrogens with two attached hydrogens (primary N) is 1. The van der Waals surface area contributed by atoms with Crippen LogP contribution in [-0.2, 0) is 24.2 Å². The molecule has 272 valence electrons. The molecule has 0 unspecified atom stereocenters. The summed E-state index contributed by atoms with van der Waals surface area (Å²) in [5, 5.41) is 13.7. The summed E-state index contributed by atoms with van der Waals surface area (Å²) >= 11 is 0. The van der Waals surface area contributed by atoms with Crippen molar-refractivity contribution in [1.29, 1.82) is 0 Å². The first-order valence-electron chi connectivity index (χ1n) is 15.4. The average Bonchev–Trinajstić information content (AvgIpc) is 3.57. The number of sulfone groups is 1. The molecule has 0 aliphatic carbocycles. The molecule has 17 heteroatoms. The van der Waals surface area contributed by atoms with Gasteiger partial charge in [0.25, 0.3) is 0 Å². The smallest absolute Gasteiger partial charge is 0.475 e. The molecule has 5 N–H and O–H groups in total. The summed E-state index contributed by atoms with van der Waals surface area (Å²) in [6, 6.07) is 15.9. The highest BCUT2D eigenvalue weighted by Gasteiger charge is 2.39. The van der Waals surface area contributed by atoms with Gasteiger partial charge < -0.3 is 25.8 Å². The van der Waals surface area contributed by atoms with Gasteiger partial charge in [0.05, 0.1) is 23.3 Å². The van der Waals surface area contributed by atoms with Crippen LogP contribution < -0.4 is 16.4 Å². The molecule has 1 fully saturated rings. The number of aliphatic carboxylic acids is 1. The molecular formula is C34H35F4N5O7S. The van der Waals surface area contributed by atoms with Crippen LogP contribution >= 0.6 is 0 Å². The molecule has 4 aromatic rings. The minimum atomic E-state index is -5.08. The molecule has 2 amide bonds. The Kier molecular flexibility index (Phi) is 11.7. The van der Waals surface area contributed by atoms with E-state index in [-0.39, 0.29) is 10.5 Å². The molecule has 51 heavy (non-hydrogen) atoms. The van der Waals surface area contributed by atoms with Crippen LogP contribution in [0.25, 0.3) is 10.8 Å². The van der Waals surface area contributed by atoms with Gasteiger partial charge in [0, 0.05) is 35.1 Å². The number of carbonyl (C=O) groups excluding carboxylic acids is 2. The van der Waals surface area contributed by atoms with Crippen molar-refractivity contribution < 1.29 is 50.2 Å². The van der Waals surface area contributed by atoms with Crippen LogP contribution in [0, 0.1) is 5.82 Å². The molecule has 0 bridgehead atoms. The number of methoxy groups -OCH3 is 1. The fraction of sp³-hybridized carbons (Fsp3) is 0.294. The molecule has 1 aliphatic heterocycles. The summed E-state index contributed by atoms with van der Waals surface area (Å²) in [5.74, 6) is -3.37. The third-order valence-electron chi connectivity index (χ3n) is 8.08. The predicted molar refractivity (Wildman–Crippen MR) is 181 cm³/mol. The molecule has 0 radical (unpaired) electrons. The molecule has 3 aromatic carbocycles. The number of nitrogens with zero attached hydrogens (tertiary/aromatic N) is 2. The minimum Gasteiger partial charge on any atom is -0.475 e. The second kappa shape index (κ2) is 15.6. The van der Waals surface area contributed by atoms with E-state index in [9.17, 15) is 31.2 Å². The van der Waals surface area contributed by atoms with Gasteiger partial charge in [-0.1, -0.05) is 18.2 Å². The maximum Gasteiger partial charge on any atom is 0.490 e. The number of hydrogen-bond donors (Lipinski definition) is 4. The van der Waals surface area contributed by atoms with Gasteiger partial charge in [-0.15, -0.1) is 0 Å². The number of nitrogens with one attached hydrogen (secondary N) is 2. The standard InChI is InChI=1S/C32H34FN5O5S.C2HF3O2/c1-19(2)44(41,42)28-13-11-22(37-32(40)43-3)18-25(28)27-9-6-16-38(27)31(39)29(24-7-4-5-8-26(24)33)36-21-10-12-23-20(17-21)14-15-35-30(23)34;3-2(4,5)1(6)7/h4-5,7-8,10-15,17-19,27,29,36H,6,9,16H2,1-3H3,(H2,34,35)(H,37,40);(H,6,7)/t27-,29-;/m1./s1. The van der Waals surface area contributed by atoms with Crippen molar-refractivity contribution in [3.63, 3.8) is 0 Å². The zero-order chi connectivity index (χ0) is 37.7.